The zero-order chi connectivity index (χ0) is 16.0. The van der Waals surface area contributed by atoms with E-state index in [9.17, 15) is 9.59 Å². The zero-order valence-corrected chi connectivity index (χ0v) is 13.2. The van der Waals surface area contributed by atoms with Gasteiger partial charge in [-0.15, -0.1) is 0 Å². The number of amides is 1. The summed E-state index contributed by atoms with van der Waals surface area (Å²) in [6.07, 6.45) is -0.158. The fourth-order valence-corrected chi connectivity index (χ4v) is 1.57. The van der Waals surface area contributed by atoms with Gasteiger partial charge in [0.25, 0.3) is 5.91 Å². The number of hydrogen-bond acceptors (Lipinski definition) is 4. The lowest BCUT2D eigenvalue weighted by atomic mass is 10.1. The average molecular weight is 293 g/mol. The van der Waals surface area contributed by atoms with E-state index < -0.39 is 0 Å². The van der Waals surface area contributed by atoms with E-state index >= 15 is 0 Å². The number of benzene rings is 1. The summed E-state index contributed by atoms with van der Waals surface area (Å²) in [4.78, 5) is 23.3. The van der Waals surface area contributed by atoms with Crippen LogP contribution in [0.2, 0.25) is 0 Å². The standard InChI is InChI=1S/C16H23NO4/c1-11(2)21-15(19)12-6-8-13(9-7-12)20-10-14(18)17-16(3,4)5/h6-9,11H,10H2,1-5H3,(H,17,18). The van der Waals surface area contributed by atoms with Crippen molar-refractivity contribution in [3.8, 4) is 5.75 Å². The summed E-state index contributed by atoms with van der Waals surface area (Å²) in [7, 11) is 0. The SMILES string of the molecule is CC(C)OC(=O)c1ccc(OCC(=O)NC(C)(C)C)cc1. The fraction of sp³-hybridized carbons (Fsp3) is 0.500. The molecule has 116 valence electrons. The highest BCUT2D eigenvalue weighted by atomic mass is 16.5. The van der Waals surface area contributed by atoms with E-state index in [1.165, 1.54) is 0 Å². The molecular formula is C16H23NO4. The number of ether oxygens (including phenoxy) is 2. The highest BCUT2D eigenvalue weighted by Crippen LogP contribution is 2.13. The summed E-state index contributed by atoms with van der Waals surface area (Å²) in [6, 6.07) is 6.51. The maximum atomic E-state index is 11.7. The predicted molar refractivity (Wildman–Crippen MR) is 80.4 cm³/mol. The van der Waals surface area contributed by atoms with Crippen LogP contribution in [0.4, 0.5) is 0 Å². The molecule has 5 nitrogen and oxygen atoms in total. The number of esters is 1. The Morgan fingerprint density at radius 3 is 2.19 bits per heavy atom. The van der Waals surface area contributed by atoms with Crippen molar-refractivity contribution in [2.75, 3.05) is 6.61 Å². The number of carbonyl (C=O) groups is 2. The van der Waals surface area contributed by atoms with Crippen LogP contribution in [0.25, 0.3) is 0 Å². The summed E-state index contributed by atoms with van der Waals surface area (Å²) < 4.78 is 10.5. The molecule has 5 heteroatoms. The Labute approximate surface area is 125 Å². The second kappa shape index (κ2) is 7.11. The Bertz CT molecular complexity index is 486. The Morgan fingerprint density at radius 2 is 1.71 bits per heavy atom. The molecule has 0 bridgehead atoms. The Balaban J connectivity index is 2.52. The molecular weight excluding hydrogens is 270 g/mol. The average Bonchev–Trinajstić information content (AvgIpc) is 2.34. The first-order valence-electron chi connectivity index (χ1n) is 6.92. The van der Waals surface area contributed by atoms with Gasteiger partial charge in [-0.2, -0.15) is 0 Å². The Hall–Kier alpha value is -2.04. The van der Waals surface area contributed by atoms with E-state index in [-0.39, 0.29) is 30.1 Å². The molecule has 1 aromatic carbocycles. The van der Waals surface area contributed by atoms with Crippen molar-refractivity contribution < 1.29 is 19.1 Å². The van der Waals surface area contributed by atoms with Crippen molar-refractivity contribution in [2.24, 2.45) is 0 Å². The van der Waals surface area contributed by atoms with Crippen molar-refractivity contribution in [2.45, 2.75) is 46.3 Å². The molecule has 0 unspecified atom stereocenters. The van der Waals surface area contributed by atoms with Gasteiger partial charge in [0.1, 0.15) is 5.75 Å². The number of rotatable bonds is 5. The minimum Gasteiger partial charge on any atom is -0.484 e. The smallest absolute Gasteiger partial charge is 0.338 e. The van der Waals surface area contributed by atoms with Crippen LogP contribution < -0.4 is 10.1 Å². The third kappa shape index (κ3) is 6.79. The molecule has 0 saturated carbocycles. The lowest BCUT2D eigenvalue weighted by molar-refractivity contribution is -0.124. The summed E-state index contributed by atoms with van der Waals surface area (Å²) in [5.41, 5.74) is 0.167. The van der Waals surface area contributed by atoms with E-state index in [0.29, 0.717) is 11.3 Å². The van der Waals surface area contributed by atoms with Crippen LogP contribution in [0.5, 0.6) is 5.75 Å². The first kappa shape index (κ1) is 17.0. The lowest BCUT2D eigenvalue weighted by Gasteiger charge is -2.20. The van der Waals surface area contributed by atoms with Crippen LogP contribution in [0.15, 0.2) is 24.3 Å². The van der Waals surface area contributed by atoms with Crippen molar-refractivity contribution in [1.29, 1.82) is 0 Å². The quantitative estimate of drug-likeness (QED) is 0.847. The maximum Gasteiger partial charge on any atom is 0.338 e. The van der Waals surface area contributed by atoms with Crippen LogP contribution in [0.3, 0.4) is 0 Å². The van der Waals surface area contributed by atoms with Crippen molar-refractivity contribution >= 4 is 11.9 Å². The van der Waals surface area contributed by atoms with Crippen molar-refractivity contribution in [3.63, 3.8) is 0 Å². The van der Waals surface area contributed by atoms with Gasteiger partial charge in [0, 0.05) is 5.54 Å². The van der Waals surface area contributed by atoms with E-state index in [0.717, 1.165) is 0 Å². The van der Waals surface area contributed by atoms with E-state index in [1.54, 1.807) is 38.1 Å². The van der Waals surface area contributed by atoms with Crippen LogP contribution >= 0.6 is 0 Å². The highest BCUT2D eigenvalue weighted by molar-refractivity contribution is 5.89. The van der Waals surface area contributed by atoms with Gasteiger partial charge in [-0.3, -0.25) is 4.79 Å². The van der Waals surface area contributed by atoms with Crippen LogP contribution in [-0.4, -0.2) is 30.1 Å². The first-order chi connectivity index (χ1) is 9.67. The van der Waals surface area contributed by atoms with E-state index in [2.05, 4.69) is 5.32 Å². The summed E-state index contributed by atoms with van der Waals surface area (Å²) in [5, 5.41) is 2.80. The van der Waals surface area contributed by atoms with Gasteiger partial charge in [0.05, 0.1) is 11.7 Å². The van der Waals surface area contributed by atoms with Gasteiger partial charge in [-0.05, 0) is 58.9 Å². The molecule has 0 heterocycles. The second-order valence-corrected chi connectivity index (χ2v) is 6.07. The number of hydrogen-bond donors (Lipinski definition) is 1. The molecule has 1 amide bonds. The van der Waals surface area contributed by atoms with Gasteiger partial charge in [-0.25, -0.2) is 4.79 Å². The van der Waals surface area contributed by atoms with Gasteiger partial charge >= 0.3 is 5.97 Å². The van der Waals surface area contributed by atoms with Gasteiger partial charge < -0.3 is 14.8 Å². The second-order valence-electron chi connectivity index (χ2n) is 6.07. The molecule has 1 N–H and O–H groups in total. The third-order valence-electron chi connectivity index (χ3n) is 2.32. The molecule has 0 aliphatic carbocycles. The maximum absolute atomic E-state index is 11.7. The molecule has 0 spiro atoms. The Morgan fingerprint density at radius 1 is 1.14 bits per heavy atom. The van der Waals surface area contributed by atoms with E-state index in [1.807, 2.05) is 20.8 Å². The first-order valence-corrected chi connectivity index (χ1v) is 6.92. The summed E-state index contributed by atoms with van der Waals surface area (Å²) in [5.74, 6) is -0.0343. The molecule has 0 saturated heterocycles. The fourth-order valence-electron chi connectivity index (χ4n) is 1.57. The van der Waals surface area contributed by atoms with Crippen LogP contribution in [0.1, 0.15) is 45.0 Å². The molecule has 0 aliphatic rings. The summed E-state index contributed by atoms with van der Waals surface area (Å²) >= 11 is 0. The molecule has 1 rings (SSSR count). The molecule has 0 atom stereocenters. The monoisotopic (exact) mass is 293 g/mol. The molecule has 0 fully saturated rings. The molecule has 1 aromatic rings. The molecule has 0 aliphatic heterocycles. The molecule has 21 heavy (non-hydrogen) atoms. The number of nitrogens with one attached hydrogen (secondary N) is 1. The Kier molecular flexibility index (Phi) is 5.76. The largest absolute Gasteiger partial charge is 0.484 e. The van der Waals surface area contributed by atoms with Crippen molar-refractivity contribution in [1.82, 2.24) is 5.32 Å². The minimum absolute atomic E-state index is 0.0624. The van der Waals surface area contributed by atoms with Crippen LogP contribution in [0, 0.1) is 0 Å². The van der Waals surface area contributed by atoms with Crippen molar-refractivity contribution in [3.05, 3.63) is 29.8 Å². The van der Waals surface area contributed by atoms with Gasteiger partial charge in [-0.1, -0.05) is 0 Å². The van der Waals surface area contributed by atoms with Crippen LogP contribution in [-0.2, 0) is 9.53 Å². The summed E-state index contributed by atoms with van der Waals surface area (Å²) in [6.45, 7) is 9.24. The topological polar surface area (TPSA) is 64.6 Å². The van der Waals surface area contributed by atoms with Gasteiger partial charge in [0.2, 0.25) is 0 Å². The minimum atomic E-state index is -0.373. The lowest BCUT2D eigenvalue weighted by Crippen LogP contribution is -2.43. The highest BCUT2D eigenvalue weighted by Gasteiger charge is 2.14. The molecule has 0 radical (unpaired) electrons. The predicted octanol–water partition coefficient (Wildman–Crippen LogP) is 2.55. The third-order valence-corrected chi connectivity index (χ3v) is 2.32. The molecule has 0 aromatic heterocycles. The van der Waals surface area contributed by atoms with Gasteiger partial charge in [0.15, 0.2) is 6.61 Å². The normalized spacial score (nSPS) is 11.1. The number of carbonyl (C=O) groups excluding carboxylic acids is 2. The van der Waals surface area contributed by atoms with E-state index in [4.69, 9.17) is 9.47 Å². The zero-order valence-electron chi connectivity index (χ0n) is 13.2.